The summed E-state index contributed by atoms with van der Waals surface area (Å²) in [5, 5.41) is 14.4. The van der Waals surface area contributed by atoms with E-state index in [-0.39, 0.29) is 30.1 Å². The molecule has 0 bridgehead atoms. The Hall–Kier alpha value is -2.41. The SMILES string of the molecule is CC(C)C[C@H](CC(=O)NO)C(=O)N[C@H](C(=O)NCc1ccccc1)C(C)C. The summed E-state index contributed by atoms with van der Waals surface area (Å²) in [5.74, 6) is -1.78. The highest BCUT2D eigenvalue weighted by Gasteiger charge is 2.29. The molecule has 4 N–H and O–H groups in total. The van der Waals surface area contributed by atoms with E-state index in [2.05, 4.69) is 10.6 Å². The van der Waals surface area contributed by atoms with E-state index in [4.69, 9.17) is 5.21 Å². The van der Waals surface area contributed by atoms with Crippen molar-refractivity contribution in [2.75, 3.05) is 0 Å². The van der Waals surface area contributed by atoms with Gasteiger partial charge in [-0.1, -0.05) is 58.0 Å². The summed E-state index contributed by atoms with van der Waals surface area (Å²) in [6.07, 6.45) is 0.354. The first-order chi connectivity index (χ1) is 12.7. The standard InChI is InChI=1S/C20H31N3O4/c1-13(2)10-16(11-17(24)23-27)19(25)22-18(14(3)4)20(26)21-12-15-8-6-5-7-9-15/h5-9,13-14,16,18,27H,10-12H2,1-4H3,(H,21,26)(H,22,25)(H,23,24)/t16-,18+/m1/s1. The van der Waals surface area contributed by atoms with Gasteiger partial charge in [-0.2, -0.15) is 0 Å². The Kier molecular flexibility index (Phi) is 9.50. The Morgan fingerprint density at radius 3 is 2.15 bits per heavy atom. The zero-order valence-corrected chi connectivity index (χ0v) is 16.5. The minimum absolute atomic E-state index is 0.115. The summed E-state index contributed by atoms with van der Waals surface area (Å²) in [5.41, 5.74) is 2.53. The number of nitrogens with one attached hydrogen (secondary N) is 3. The van der Waals surface area contributed by atoms with Gasteiger partial charge in [-0.3, -0.25) is 19.6 Å². The average Bonchev–Trinajstić information content (AvgIpc) is 2.63. The molecule has 150 valence electrons. The van der Waals surface area contributed by atoms with Crippen LogP contribution in [0, 0.1) is 17.8 Å². The normalized spacial score (nSPS) is 13.1. The van der Waals surface area contributed by atoms with Crippen molar-refractivity contribution in [2.24, 2.45) is 17.8 Å². The molecule has 0 aromatic heterocycles. The van der Waals surface area contributed by atoms with Gasteiger partial charge in [-0.25, -0.2) is 5.48 Å². The number of rotatable bonds is 10. The van der Waals surface area contributed by atoms with Gasteiger partial charge in [0.25, 0.3) is 0 Å². The van der Waals surface area contributed by atoms with E-state index in [0.29, 0.717) is 13.0 Å². The van der Waals surface area contributed by atoms with Gasteiger partial charge >= 0.3 is 0 Å². The highest BCUT2D eigenvalue weighted by Crippen LogP contribution is 2.17. The van der Waals surface area contributed by atoms with E-state index < -0.39 is 17.9 Å². The molecular weight excluding hydrogens is 346 g/mol. The first-order valence-electron chi connectivity index (χ1n) is 9.29. The van der Waals surface area contributed by atoms with E-state index >= 15 is 0 Å². The molecule has 27 heavy (non-hydrogen) atoms. The quantitative estimate of drug-likeness (QED) is 0.369. The van der Waals surface area contributed by atoms with Crippen LogP contribution in [0.15, 0.2) is 30.3 Å². The minimum Gasteiger partial charge on any atom is -0.350 e. The minimum atomic E-state index is -0.701. The monoisotopic (exact) mass is 377 g/mol. The van der Waals surface area contributed by atoms with Crippen LogP contribution in [0.5, 0.6) is 0 Å². The van der Waals surface area contributed by atoms with Crippen molar-refractivity contribution in [1.82, 2.24) is 16.1 Å². The molecule has 1 rings (SSSR count). The fraction of sp³-hybridized carbons (Fsp3) is 0.550. The predicted octanol–water partition coefficient (Wildman–Crippen LogP) is 2.00. The van der Waals surface area contributed by atoms with Crippen molar-refractivity contribution in [3.05, 3.63) is 35.9 Å². The molecule has 0 unspecified atom stereocenters. The second kappa shape index (κ2) is 11.3. The highest BCUT2D eigenvalue weighted by atomic mass is 16.5. The Morgan fingerprint density at radius 1 is 1.00 bits per heavy atom. The molecule has 0 spiro atoms. The lowest BCUT2D eigenvalue weighted by Gasteiger charge is -2.25. The van der Waals surface area contributed by atoms with Crippen molar-refractivity contribution in [3.8, 4) is 0 Å². The molecular formula is C20H31N3O4. The van der Waals surface area contributed by atoms with Crippen LogP contribution in [0.4, 0.5) is 0 Å². The zero-order chi connectivity index (χ0) is 20.4. The second-order valence-corrected chi connectivity index (χ2v) is 7.50. The van der Waals surface area contributed by atoms with E-state index in [9.17, 15) is 14.4 Å². The van der Waals surface area contributed by atoms with Gasteiger partial charge in [-0.05, 0) is 23.8 Å². The number of amides is 3. The van der Waals surface area contributed by atoms with Gasteiger partial charge in [0, 0.05) is 18.9 Å². The Bertz CT molecular complexity index is 617. The molecule has 0 radical (unpaired) electrons. The number of carbonyl (C=O) groups is 3. The third kappa shape index (κ3) is 8.21. The molecule has 1 aromatic rings. The molecule has 7 heteroatoms. The Balaban J connectivity index is 2.75. The van der Waals surface area contributed by atoms with Crippen LogP contribution >= 0.6 is 0 Å². The van der Waals surface area contributed by atoms with Crippen LogP contribution in [-0.4, -0.2) is 29.0 Å². The van der Waals surface area contributed by atoms with Crippen molar-refractivity contribution < 1.29 is 19.6 Å². The predicted molar refractivity (Wildman–Crippen MR) is 103 cm³/mol. The number of hydrogen-bond acceptors (Lipinski definition) is 4. The fourth-order valence-electron chi connectivity index (χ4n) is 2.82. The van der Waals surface area contributed by atoms with Crippen LogP contribution in [0.1, 0.15) is 46.1 Å². The smallest absolute Gasteiger partial charge is 0.244 e. The lowest BCUT2D eigenvalue weighted by molar-refractivity contribution is -0.137. The van der Waals surface area contributed by atoms with Crippen LogP contribution in [0.2, 0.25) is 0 Å². The Labute approximate surface area is 160 Å². The first-order valence-corrected chi connectivity index (χ1v) is 9.29. The first kappa shape index (κ1) is 22.6. The van der Waals surface area contributed by atoms with Crippen LogP contribution in [-0.2, 0) is 20.9 Å². The summed E-state index contributed by atoms with van der Waals surface area (Å²) < 4.78 is 0. The summed E-state index contributed by atoms with van der Waals surface area (Å²) in [7, 11) is 0. The van der Waals surface area contributed by atoms with Gasteiger partial charge in [0.2, 0.25) is 17.7 Å². The van der Waals surface area contributed by atoms with Gasteiger partial charge in [-0.15, -0.1) is 0 Å². The van der Waals surface area contributed by atoms with Crippen molar-refractivity contribution in [2.45, 2.75) is 53.1 Å². The highest BCUT2D eigenvalue weighted by molar-refractivity contribution is 5.90. The third-order valence-corrected chi connectivity index (χ3v) is 4.24. The van der Waals surface area contributed by atoms with E-state index in [1.807, 2.05) is 58.0 Å². The lowest BCUT2D eigenvalue weighted by atomic mass is 9.92. The molecule has 0 fully saturated rings. The van der Waals surface area contributed by atoms with Crippen molar-refractivity contribution in [1.29, 1.82) is 0 Å². The lowest BCUT2D eigenvalue weighted by Crippen LogP contribution is -2.51. The fourth-order valence-corrected chi connectivity index (χ4v) is 2.82. The molecule has 3 amide bonds. The van der Waals surface area contributed by atoms with Crippen LogP contribution in [0.25, 0.3) is 0 Å². The molecule has 0 saturated carbocycles. The number of benzene rings is 1. The van der Waals surface area contributed by atoms with E-state index in [1.54, 1.807) is 5.48 Å². The topological polar surface area (TPSA) is 108 Å². The summed E-state index contributed by atoms with van der Waals surface area (Å²) >= 11 is 0. The summed E-state index contributed by atoms with van der Waals surface area (Å²) in [4.78, 5) is 36.7. The van der Waals surface area contributed by atoms with Crippen LogP contribution in [0.3, 0.4) is 0 Å². The Morgan fingerprint density at radius 2 is 1.63 bits per heavy atom. The van der Waals surface area contributed by atoms with Gasteiger partial charge < -0.3 is 10.6 Å². The molecule has 7 nitrogen and oxygen atoms in total. The van der Waals surface area contributed by atoms with Gasteiger partial charge in [0.1, 0.15) is 6.04 Å². The van der Waals surface area contributed by atoms with Crippen molar-refractivity contribution >= 4 is 17.7 Å². The number of hydrogen-bond donors (Lipinski definition) is 4. The summed E-state index contributed by atoms with van der Waals surface area (Å²) in [6, 6.07) is 8.82. The third-order valence-electron chi connectivity index (χ3n) is 4.24. The largest absolute Gasteiger partial charge is 0.350 e. The maximum absolute atomic E-state index is 12.7. The number of hydroxylamine groups is 1. The molecule has 0 aliphatic rings. The van der Waals surface area contributed by atoms with Crippen molar-refractivity contribution in [3.63, 3.8) is 0 Å². The molecule has 1 aromatic carbocycles. The maximum atomic E-state index is 12.7. The molecule has 0 aliphatic carbocycles. The molecule has 0 heterocycles. The zero-order valence-electron chi connectivity index (χ0n) is 16.5. The van der Waals surface area contributed by atoms with Crippen LogP contribution < -0.4 is 16.1 Å². The molecule has 0 aliphatic heterocycles. The summed E-state index contributed by atoms with van der Waals surface area (Å²) in [6.45, 7) is 7.98. The van der Waals surface area contributed by atoms with E-state index in [0.717, 1.165) is 5.56 Å². The van der Waals surface area contributed by atoms with Gasteiger partial charge in [0.15, 0.2) is 0 Å². The number of carbonyl (C=O) groups excluding carboxylic acids is 3. The molecule has 2 atom stereocenters. The van der Waals surface area contributed by atoms with Gasteiger partial charge in [0.05, 0.1) is 0 Å². The maximum Gasteiger partial charge on any atom is 0.244 e. The second-order valence-electron chi connectivity index (χ2n) is 7.50. The average molecular weight is 377 g/mol. The molecule has 0 saturated heterocycles. The van der Waals surface area contributed by atoms with E-state index in [1.165, 1.54) is 0 Å².